The highest BCUT2D eigenvalue weighted by molar-refractivity contribution is 7.81. The lowest BCUT2D eigenvalue weighted by Gasteiger charge is -2.38. The molecule has 3 rings (SSSR count). The Hall–Kier alpha value is -4.12. The van der Waals surface area contributed by atoms with Crippen molar-refractivity contribution in [1.29, 1.82) is 0 Å². The van der Waals surface area contributed by atoms with Crippen molar-refractivity contribution in [3.8, 4) is 0 Å². The Balaban J connectivity index is 2.25. The van der Waals surface area contributed by atoms with E-state index in [4.69, 9.17) is 67.8 Å². The predicted octanol–water partition coefficient (Wildman–Crippen LogP) is 8.87. The normalized spacial score (nSPS) is 25.2. The first kappa shape index (κ1) is 58.2. The Kier molecular flexibility index (Phi) is 23.4. The van der Waals surface area contributed by atoms with E-state index in [1.165, 1.54) is 0 Å². The molecular weight excluding hydrogens is 937 g/mol. The molecule has 2 aromatic rings. The van der Waals surface area contributed by atoms with Gasteiger partial charge in [-0.1, -0.05) is 165 Å². The van der Waals surface area contributed by atoms with Gasteiger partial charge in [-0.15, -0.1) is 0 Å². The molecule has 68 heavy (non-hydrogen) atoms. The molecule has 1 aliphatic heterocycles. The maximum absolute atomic E-state index is 14.6. The van der Waals surface area contributed by atoms with Gasteiger partial charge in [0.1, 0.15) is 56.3 Å². The monoisotopic (exact) mass is 1010 g/mol. The van der Waals surface area contributed by atoms with Gasteiger partial charge in [0.15, 0.2) is 12.2 Å². The predicted molar refractivity (Wildman–Crippen MR) is 286 cm³/mol. The molecule has 2 aromatic carbocycles. The van der Waals surface area contributed by atoms with Crippen molar-refractivity contribution in [3.63, 3.8) is 0 Å². The minimum Gasteiger partial charge on any atom is -0.454 e. The van der Waals surface area contributed by atoms with E-state index < -0.39 is 72.5 Å². The summed E-state index contributed by atoms with van der Waals surface area (Å²) in [5.74, 6) is -2.17. The number of carbonyl (C=O) groups excluding carboxylic acids is 4. The van der Waals surface area contributed by atoms with Crippen molar-refractivity contribution < 1.29 is 38.1 Å². The third kappa shape index (κ3) is 17.1. The van der Waals surface area contributed by atoms with E-state index in [-0.39, 0.29) is 56.5 Å². The third-order valence-electron chi connectivity index (χ3n) is 12.0. The number of esters is 4. The summed E-state index contributed by atoms with van der Waals surface area (Å²) in [6.45, 7) is 19.3. The van der Waals surface area contributed by atoms with E-state index in [0.717, 1.165) is 11.1 Å². The van der Waals surface area contributed by atoms with E-state index >= 15 is 0 Å². The molecule has 376 valence electrons. The van der Waals surface area contributed by atoms with Crippen LogP contribution in [0.4, 0.5) is 0 Å². The molecule has 1 heterocycles. The summed E-state index contributed by atoms with van der Waals surface area (Å²) in [5.41, 5.74) is 1.73. The van der Waals surface area contributed by atoms with Crippen LogP contribution in [0.1, 0.15) is 106 Å². The molecule has 0 unspecified atom stereocenters. The zero-order valence-electron chi connectivity index (χ0n) is 42.6. The summed E-state index contributed by atoms with van der Waals surface area (Å²) in [6.07, 6.45) is -1.94. The first-order valence-corrected chi connectivity index (χ1v) is 25.4. The highest BCUT2D eigenvalue weighted by Gasteiger charge is 2.40. The van der Waals surface area contributed by atoms with E-state index in [2.05, 4.69) is 0 Å². The van der Waals surface area contributed by atoms with Gasteiger partial charge in [-0.3, -0.25) is 0 Å². The number of likely N-dealkylation sites (N-methyl/N-ethyl adjacent to an activating group) is 4. The van der Waals surface area contributed by atoms with Gasteiger partial charge in [-0.05, 0) is 74.3 Å². The number of carbonyl (C=O) groups is 4. The molecule has 0 radical (unpaired) electrons. The number of thiocarbonyl (C=S) groups is 4. The molecule has 0 amide bonds. The Bertz CT molecular complexity index is 1880. The lowest BCUT2D eigenvalue weighted by atomic mass is 10.00. The largest absolute Gasteiger partial charge is 0.454 e. The first-order chi connectivity index (χ1) is 31.8. The van der Waals surface area contributed by atoms with Crippen LogP contribution in [0.3, 0.4) is 0 Å². The average molecular weight is 1010 g/mol. The highest BCUT2D eigenvalue weighted by atomic mass is 32.1. The minimum atomic E-state index is -0.973. The molecule has 0 N–H and O–H groups in total. The van der Waals surface area contributed by atoms with Crippen molar-refractivity contribution in [2.24, 2.45) is 23.7 Å². The van der Waals surface area contributed by atoms with E-state index in [9.17, 15) is 19.2 Å². The summed E-state index contributed by atoms with van der Waals surface area (Å²) in [5, 5.41) is 0. The summed E-state index contributed by atoms with van der Waals surface area (Å²) in [7, 11) is 6.81. The van der Waals surface area contributed by atoms with Gasteiger partial charge in [-0.2, -0.15) is 0 Å². The van der Waals surface area contributed by atoms with Crippen LogP contribution in [-0.2, 0) is 51.0 Å². The molecule has 0 saturated carbocycles. The maximum atomic E-state index is 14.6. The zero-order chi connectivity index (χ0) is 51.2. The topological polar surface area (TPSA) is 118 Å². The number of cyclic esters (lactones) is 4. The zero-order valence-corrected chi connectivity index (χ0v) is 45.9. The second-order valence-electron chi connectivity index (χ2n) is 19.8. The number of nitrogens with zero attached hydrogens (tertiary/aromatic N) is 4. The van der Waals surface area contributed by atoms with Crippen molar-refractivity contribution in [1.82, 2.24) is 19.6 Å². The summed E-state index contributed by atoms with van der Waals surface area (Å²) in [4.78, 5) is 65.6. The minimum absolute atomic E-state index is 0.0330. The van der Waals surface area contributed by atoms with Gasteiger partial charge < -0.3 is 38.5 Å². The van der Waals surface area contributed by atoms with E-state index in [1.807, 2.05) is 116 Å². The maximum Gasteiger partial charge on any atom is 0.329 e. The van der Waals surface area contributed by atoms with Crippen LogP contribution in [-0.4, -0.2) is 140 Å². The standard InChI is InChI=1S/C52H76N4O8S4/c1-31(2)25-39-49(57)61-35(9)45(65)53(11)42(28-34(7)8)52(60)64-44(30-38-23-19-16-20-24-38)48(68)56(14)40(26-32(3)4)50(58)62-36(10)46(66)54(12)41(27-33(5)6)51(59)63-43(47(67)55(39)13)29-37-21-17-15-18-22-37/h15-24,31-36,39-44H,25-30H2,1-14H3/t35-,36-,39+,40+,41+,42+,43-,44-/m0/s1. The van der Waals surface area contributed by atoms with Crippen LogP contribution in [0.25, 0.3) is 0 Å². The SMILES string of the molecule is CC(C)C[C@@H]1C(=O)O[C@@H](Cc2ccccc2)C(=S)N(C)[C@H](CC(C)C)C(=O)O[C@@H](C)C(=S)N(C)[C@H](CC(C)C)C(=O)O[C@@H](Cc2ccccc2)C(=S)N(C)[C@H](CC(C)C)C(=O)O[C@@H](C)C(=S)N1C. The highest BCUT2D eigenvalue weighted by Crippen LogP contribution is 2.25. The molecule has 1 aliphatic rings. The first-order valence-electron chi connectivity index (χ1n) is 23.8. The van der Waals surface area contributed by atoms with E-state index in [1.54, 1.807) is 61.6 Å². The fraction of sp³-hybridized carbons (Fsp3) is 0.615. The van der Waals surface area contributed by atoms with Crippen molar-refractivity contribution >= 4 is 92.7 Å². The number of hydrogen-bond donors (Lipinski definition) is 0. The van der Waals surface area contributed by atoms with Crippen LogP contribution in [0.15, 0.2) is 60.7 Å². The molecule has 16 heteroatoms. The second-order valence-corrected chi connectivity index (χ2v) is 21.4. The molecule has 0 spiro atoms. The number of hydrogen-bond acceptors (Lipinski definition) is 12. The Labute approximate surface area is 428 Å². The van der Waals surface area contributed by atoms with Gasteiger partial charge in [-0.25, -0.2) is 19.2 Å². The molecule has 0 aromatic heterocycles. The molecule has 0 aliphatic carbocycles. The Morgan fingerprint density at radius 3 is 0.897 bits per heavy atom. The van der Waals surface area contributed by atoms with Crippen molar-refractivity contribution in [3.05, 3.63) is 71.8 Å². The molecule has 12 nitrogen and oxygen atoms in total. The average Bonchev–Trinajstić information content (AvgIpc) is 3.28. The smallest absolute Gasteiger partial charge is 0.329 e. The summed E-state index contributed by atoms with van der Waals surface area (Å²) < 4.78 is 25.2. The van der Waals surface area contributed by atoms with Gasteiger partial charge >= 0.3 is 23.9 Å². The lowest BCUT2D eigenvalue weighted by molar-refractivity contribution is -0.152. The van der Waals surface area contributed by atoms with Crippen LogP contribution in [0.2, 0.25) is 0 Å². The van der Waals surface area contributed by atoms with Crippen LogP contribution in [0.5, 0.6) is 0 Å². The van der Waals surface area contributed by atoms with Crippen molar-refractivity contribution in [2.75, 3.05) is 28.2 Å². The summed E-state index contributed by atoms with van der Waals surface area (Å²) >= 11 is 24.3. The fourth-order valence-corrected chi connectivity index (χ4v) is 9.01. The van der Waals surface area contributed by atoms with Gasteiger partial charge in [0.2, 0.25) is 0 Å². The van der Waals surface area contributed by atoms with Crippen LogP contribution >= 0.6 is 48.9 Å². The fourth-order valence-electron chi connectivity index (χ4n) is 8.14. The lowest BCUT2D eigenvalue weighted by Crippen LogP contribution is -2.54. The van der Waals surface area contributed by atoms with E-state index in [0.29, 0.717) is 25.7 Å². The number of rotatable bonds is 12. The number of benzene rings is 2. The van der Waals surface area contributed by atoms with Gasteiger partial charge in [0.05, 0.1) is 0 Å². The summed E-state index contributed by atoms with van der Waals surface area (Å²) in [6, 6.07) is 15.5. The second kappa shape index (κ2) is 27.3. The molecule has 1 fully saturated rings. The van der Waals surface area contributed by atoms with Crippen LogP contribution < -0.4 is 0 Å². The Morgan fingerprint density at radius 2 is 0.647 bits per heavy atom. The quantitative estimate of drug-likeness (QED) is 0.114. The third-order valence-corrected chi connectivity index (χ3v) is 14.3. The van der Waals surface area contributed by atoms with Crippen LogP contribution in [0, 0.1) is 23.7 Å². The molecule has 1 saturated heterocycles. The molecule has 8 atom stereocenters. The van der Waals surface area contributed by atoms with Gasteiger partial charge in [0.25, 0.3) is 0 Å². The molecule has 0 bridgehead atoms. The number of ether oxygens (including phenoxy) is 4. The van der Waals surface area contributed by atoms with Gasteiger partial charge in [0, 0.05) is 41.0 Å². The Morgan fingerprint density at radius 1 is 0.412 bits per heavy atom. The molecular formula is C52H76N4O8S4. The van der Waals surface area contributed by atoms with Crippen molar-refractivity contribution in [2.45, 2.75) is 156 Å².